The fraction of sp³-hybridized carbons (Fsp3) is 0.800. The minimum atomic E-state index is 0.295. The van der Waals surface area contributed by atoms with Crippen LogP contribution in [0.15, 0.2) is 0 Å². The van der Waals surface area contributed by atoms with E-state index in [-0.39, 0.29) is 0 Å². The molecule has 0 radical (unpaired) electrons. The van der Waals surface area contributed by atoms with E-state index in [1.807, 2.05) is 0 Å². The van der Waals surface area contributed by atoms with Crippen molar-refractivity contribution in [2.45, 2.75) is 44.0 Å². The number of aromatic nitrogens is 2. The second kappa shape index (κ2) is 6.55. The molecule has 1 aromatic heterocycles. The average Bonchev–Trinajstić information content (AvgIpc) is 2.73. The zero-order chi connectivity index (χ0) is 11.3. The fourth-order valence-electron chi connectivity index (χ4n) is 1.11. The number of nitrogens with zero attached hydrogens (tertiary/aromatic N) is 2. The van der Waals surface area contributed by atoms with Crippen molar-refractivity contribution < 1.29 is 4.74 Å². The van der Waals surface area contributed by atoms with E-state index in [1.165, 1.54) is 0 Å². The second-order valence-electron chi connectivity index (χ2n) is 3.49. The van der Waals surface area contributed by atoms with Crippen molar-refractivity contribution in [2.24, 2.45) is 0 Å². The highest BCUT2D eigenvalue weighted by atomic mass is 79.9. The third kappa shape index (κ3) is 4.17. The molecule has 3 nitrogen and oxygen atoms in total. The van der Waals surface area contributed by atoms with E-state index in [0.717, 1.165) is 29.3 Å². The van der Waals surface area contributed by atoms with E-state index in [4.69, 9.17) is 4.74 Å². The Morgan fingerprint density at radius 2 is 2.20 bits per heavy atom. The van der Waals surface area contributed by atoms with Crippen LogP contribution >= 0.6 is 27.3 Å². The van der Waals surface area contributed by atoms with Gasteiger partial charge in [-0.25, -0.2) is 0 Å². The van der Waals surface area contributed by atoms with E-state index in [1.54, 1.807) is 18.4 Å². The Balaban J connectivity index is 2.46. The van der Waals surface area contributed by atoms with Crippen molar-refractivity contribution in [3.05, 3.63) is 10.0 Å². The molecule has 1 aromatic rings. The Morgan fingerprint density at radius 3 is 2.80 bits per heavy atom. The fourth-order valence-corrected chi connectivity index (χ4v) is 2.40. The molecular formula is C10H17BrN2OS. The van der Waals surface area contributed by atoms with Gasteiger partial charge >= 0.3 is 0 Å². The maximum atomic E-state index is 5.19. The van der Waals surface area contributed by atoms with Crippen LogP contribution in [-0.4, -0.2) is 23.4 Å². The van der Waals surface area contributed by atoms with Gasteiger partial charge in [0.15, 0.2) is 0 Å². The van der Waals surface area contributed by atoms with Crippen molar-refractivity contribution in [2.75, 3.05) is 7.11 Å². The Labute approximate surface area is 103 Å². The lowest BCUT2D eigenvalue weighted by atomic mass is 10.2. The lowest BCUT2D eigenvalue weighted by Gasteiger charge is -2.06. The molecular weight excluding hydrogens is 276 g/mol. The third-order valence-electron chi connectivity index (χ3n) is 2.28. The molecule has 86 valence electrons. The highest BCUT2D eigenvalue weighted by Crippen LogP contribution is 2.28. The first-order chi connectivity index (χ1) is 7.17. The molecule has 0 amide bonds. The van der Waals surface area contributed by atoms with Gasteiger partial charge < -0.3 is 4.74 Å². The zero-order valence-electron chi connectivity index (χ0n) is 9.36. The van der Waals surface area contributed by atoms with Crippen LogP contribution in [0, 0.1) is 0 Å². The minimum absolute atomic E-state index is 0.295. The Hall–Kier alpha value is -0.0000000000000000555. The summed E-state index contributed by atoms with van der Waals surface area (Å²) >= 11 is 5.27. The molecule has 0 aliphatic carbocycles. The summed E-state index contributed by atoms with van der Waals surface area (Å²) in [6.45, 7) is 4.20. The quantitative estimate of drug-likeness (QED) is 0.754. The number of rotatable bonds is 6. The first-order valence-corrected chi connectivity index (χ1v) is 6.89. The Kier molecular flexibility index (Phi) is 5.71. The predicted molar refractivity (Wildman–Crippen MR) is 66.7 cm³/mol. The highest BCUT2D eigenvalue weighted by molar-refractivity contribution is 9.09. The topological polar surface area (TPSA) is 35.0 Å². The average molecular weight is 293 g/mol. The van der Waals surface area contributed by atoms with E-state index >= 15 is 0 Å². The second-order valence-corrected chi connectivity index (χ2v) is 5.69. The van der Waals surface area contributed by atoms with Gasteiger partial charge in [0.05, 0.1) is 10.9 Å². The van der Waals surface area contributed by atoms with Crippen molar-refractivity contribution in [1.82, 2.24) is 10.2 Å². The summed E-state index contributed by atoms with van der Waals surface area (Å²) in [4.78, 5) is 0.351. The summed E-state index contributed by atoms with van der Waals surface area (Å²) in [6.07, 6.45) is 3.30. The molecule has 0 bridgehead atoms. The van der Waals surface area contributed by atoms with Crippen molar-refractivity contribution in [1.29, 1.82) is 0 Å². The molecule has 2 unspecified atom stereocenters. The standard InChI is InChI=1S/C10H17BrN2OS/c1-4-8(11)10-13-12-9(15-10)6-5-7(2)14-3/h7-8H,4-6H2,1-3H3. The first kappa shape index (κ1) is 13.1. The number of ether oxygens (including phenoxy) is 1. The molecule has 0 saturated heterocycles. The SMILES string of the molecule is CCC(Br)c1nnc(CCC(C)OC)s1. The minimum Gasteiger partial charge on any atom is -0.382 e. The van der Waals surface area contributed by atoms with Gasteiger partial charge in [0.1, 0.15) is 10.0 Å². The molecule has 1 rings (SSSR count). The molecule has 0 saturated carbocycles. The molecule has 0 aliphatic heterocycles. The summed E-state index contributed by atoms with van der Waals surface area (Å²) in [5.74, 6) is 0. The smallest absolute Gasteiger partial charge is 0.131 e. The maximum Gasteiger partial charge on any atom is 0.131 e. The van der Waals surface area contributed by atoms with Crippen LogP contribution in [0.3, 0.4) is 0 Å². The van der Waals surface area contributed by atoms with E-state index in [2.05, 4.69) is 40.0 Å². The molecule has 15 heavy (non-hydrogen) atoms. The third-order valence-corrected chi connectivity index (χ3v) is 4.76. The molecule has 1 heterocycles. The summed E-state index contributed by atoms with van der Waals surface area (Å²) in [5.41, 5.74) is 0. The molecule has 0 fully saturated rings. The van der Waals surface area contributed by atoms with Crippen LogP contribution in [0.4, 0.5) is 0 Å². The number of alkyl halides is 1. The monoisotopic (exact) mass is 292 g/mol. The summed E-state index contributed by atoms with van der Waals surface area (Å²) in [7, 11) is 1.74. The number of hydrogen-bond acceptors (Lipinski definition) is 4. The molecule has 0 N–H and O–H groups in total. The van der Waals surface area contributed by atoms with Crippen molar-refractivity contribution >= 4 is 27.3 Å². The van der Waals surface area contributed by atoms with Gasteiger partial charge in [-0.1, -0.05) is 22.9 Å². The number of halogens is 1. The Morgan fingerprint density at radius 1 is 1.47 bits per heavy atom. The number of aryl methyl sites for hydroxylation is 1. The molecule has 0 aliphatic rings. The van der Waals surface area contributed by atoms with Crippen LogP contribution in [0.5, 0.6) is 0 Å². The van der Waals surface area contributed by atoms with E-state index in [0.29, 0.717) is 10.9 Å². The molecule has 0 aromatic carbocycles. The maximum absolute atomic E-state index is 5.19. The van der Waals surface area contributed by atoms with Crippen molar-refractivity contribution in [3.63, 3.8) is 0 Å². The van der Waals surface area contributed by atoms with Gasteiger partial charge in [-0.15, -0.1) is 21.5 Å². The Bertz CT molecular complexity index is 293. The lowest BCUT2D eigenvalue weighted by molar-refractivity contribution is 0.111. The van der Waals surface area contributed by atoms with Crippen LogP contribution in [0.2, 0.25) is 0 Å². The van der Waals surface area contributed by atoms with Crippen LogP contribution in [-0.2, 0) is 11.2 Å². The van der Waals surface area contributed by atoms with Crippen LogP contribution in [0.1, 0.15) is 41.5 Å². The summed E-state index contributed by atoms with van der Waals surface area (Å²) in [5, 5.41) is 10.5. The van der Waals surface area contributed by atoms with Crippen molar-refractivity contribution in [3.8, 4) is 0 Å². The first-order valence-electron chi connectivity index (χ1n) is 5.16. The lowest BCUT2D eigenvalue weighted by Crippen LogP contribution is -2.05. The van der Waals surface area contributed by atoms with Gasteiger partial charge in [0.2, 0.25) is 0 Å². The summed E-state index contributed by atoms with van der Waals surface area (Å²) < 4.78 is 5.19. The molecule has 2 atom stereocenters. The van der Waals surface area contributed by atoms with Gasteiger partial charge in [-0.3, -0.25) is 0 Å². The van der Waals surface area contributed by atoms with Gasteiger partial charge in [0, 0.05) is 13.5 Å². The van der Waals surface area contributed by atoms with Crippen LogP contribution in [0.25, 0.3) is 0 Å². The number of hydrogen-bond donors (Lipinski definition) is 0. The largest absolute Gasteiger partial charge is 0.382 e. The van der Waals surface area contributed by atoms with Gasteiger partial charge in [0.25, 0.3) is 0 Å². The predicted octanol–water partition coefficient (Wildman–Crippen LogP) is 3.35. The molecule has 0 spiro atoms. The van der Waals surface area contributed by atoms with E-state index in [9.17, 15) is 0 Å². The highest BCUT2D eigenvalue weighted by Gasteiger charge is 2.12. The zero-order valence-corrected chi connectivity index (χ0v) is 11.8. The summed E-state index contributed by atoms with van der Waals surface area (Å²) in [6, 6.07) is 0. The molecule has 5 heteroatoms. The number of methoxy groups -OCH3 is 1. The van der Waals surface area contributed by atoms with E-state index < -0.39 is 0 Å². The van der Waals surface area contributed by atoms with Crippen LogP contribution < -0.4 is 0 Å². The van der Waals surface area contributed by atoms with Gasteiger partial charge in [-0.05, 0) is 19.8 Å². The normalized spacial score (nSPS) is 15.2. The van der Waals surface area contributed by atoms with Gasteiger partial charge in [-0.2, -0.15) is 0 Å².